The Kier molecular flexibility index (Phi) is 1.86. The number of carbonyl (C=O) groups excluding carboxylic acids is 1. The lowest BCUT2D eigenvalue weighted by molar-refractivity contribution is -0.120. The molecule has 0 bridgehead atoms. The summed E-state index contributed by atoms with van der Waals surface area (Å²) < 4.78 is 0. The van der Waals surface area contributed by atoms with E-state index in [1.54, 1.807) is 0 Å². The lowest BCUT2D eigenvalue weighted by atomic mass is 10.2. The summed E-state index contributed by atoms with van der Waals surface area (Å²) in [7, 11) is 0. The molecular weight excluding hydrogens is 114 g/mol. The minimum atomic E-state index is 0.333. The van der Waals surface area contributed by atoms with Gasteiger partial charge in [0.2, 0.25) is 0 Å². The van der Waals surface area contributed by atoms with Crippen LogP contribution in [0.25, 0.3) is 0 Å². The lowest BCUT2D eigenvalue weighted by Gasteiger charge is -1.90. The summed E-state index contributed by atoms with van der Waals surface area (Å²) in [5.41, 5.74) is 5.36. The predicted molar refractivity (Wildman–Crippen MR) is 35.9 cm³/mol. The summed E-state index contributed by atoms with van der Waals surface area (Å²) in [6.07, 6.45) is 1.73. The van der Waals surface area contributed by atoms with Crippen molar-refractivity contribution in [2.24, 2.45) is 17.6 Å². The summed E-state index contributed by atoms with van der Waals surface area (Å²) in [5, 5.41) is 0. The topological polar surface area (TPSA) is 43.1 Å². The van der Waals surface area contributed by atoms with E-state index in [-0.39, 0.29) is 0 Å². The van der Waals surface area contributed by atoms with Crippen molar-refractivity contribution in [2.75, 3.05) is 6.54 Å². The number of rotatable bonds is 3. The Hall–Kier alpha value is -0.370. The Morgan fingerprint density at radius 2 is 2.44 bits per heavy atom. The SMILES string of the molecule is CCC(=O)[C@H]1C[C@H]1CN. The average molecular weight is 127 g/mol. The van der Waals surface area contributed by atoms with Crippen LogP contribution in [0.1, 0.15) is 19.8 Å². The van der Waals surface area contributed by atoms with Crippen LogP contribution in [0.5, 0.6) is 0 Å². The van der Waals surface area contributed by atoms with Crippen LogP contribution in [0.3, 0.4) is 0 Å². The van der Waals surface area contributed by atoms with E-state index in [0.717, 1.165) is 6.42 Å². The van der Waals surface area contributed by atoms with Gasteiger partial charge in [0.05, 0.1) is 0 Å². The van der Waals surface area contributed by atoms with Crippen LogP contribution in [0, 0.1) is 11.8 Å². The molecule has 9 heavy (non-hydrogen) atoms. The molecule has 2 heteroatoms. The number of ketones is 1. The smallest absolute Gasteiger partial charge is 0.136 e. The first-order valence-corrected chi connectivity index (χ1v) is 3.52. The molecule has 2 nitrogen and oxygen atoms in total. The van der Waals surface area contributed by atoms with Crippen LogP contribution in [0.2, 0.25) is 0 Å². The molecular formula is C7H13NO. The van der Waals surface area contributed by atoms with Crippen LogP contribution in [-0.4, -0.2) is 12.3 Å². The highest BCUT2D eigenvalue weighted by atomic mass is 16.1. The molecule has 1 saturated carbocycles. The number of Topliss-reactive ketones (excluding diaryl/α,β-unsaturated/α-hetero) is 1. The molecule has 1 aliphatic rings. The largest absolute Gasteiger partial charge is 0.330 e. The first kappa shape index (κ1) is 6.75. The van der Waals surface area contributed by atoms with Gasteiger partial charge in [0.15, 0.2) is 0 Å². The van der Waals surface area contributed by atoms with Crippen molar-refractivity contribution in [2.45, 2.75) is 19.8 Å². The molecule has 0 unspecified atom stereocenters. The molecule has 0 aromatic heterocycles. The molecule has 0 spiro atoms. The van der Waals surface area contributed by atoms with Crippen LogP contribution in [0.4, 0.5) is 0 Å². The zero-order valence-corrected chi connectivity index (χ0v) is 5.76. The van der Waals surface area contributed by atoms with E-state index in [0.29, 0.717) is 30.6 Å². The minimum Gasteiger partial charge on any atom is -0.330 e. The molecule has 0 amide bonds. The Labute approximate surface area is 55.4 Å². The third kappa shape index (κ3) is 1.30. The Morgan fingerprint density at radius 1 is 1.78 bits per heavy atom. The average Bonchev–Trinajstić information content (AvgIpc) is 2.64. The second-order valence-corrected chi connectivity index (χ2v) is 2.66. The van der Waals surface area contributed by atoms with E-state index in [4.69, 9.17) is 5.73 Å². The van der Waals surface area contributed by atoms with Gasteiger partial charge in [-0.2, -0.15) is 0 Å². The highest BCUT2D eigenvalue weighted by molar-refractivity contribution is 5.83. The molecule has 2 N–H and O–H groups in total. The fourth-order valence-corrected chi connectivity index (χ4v) is 1.16. The lowest BCUT2D eigenvalue weighted by Crippen LogP contribution is -2.07. The molecule has 0 aromatic carbocycles. The van der Waals surface area contributed by atoms with Gasteiger partial charge in [0.1, 0.15) is 5.78 Å². The van der Waals surface area contributed by atoms with E-state index in [1.165, 1.54) is 0 Å². The molecule has 0 radical (unpaired) electrons. The molecule has 0 aliphatic heterocycles. The second-order valence-electron chi connectivity index (χ2n) is 2.66. The first-order valence-electron chi connectivity index (χ1n) is 3.52. The zero-order chi connectivity index (χ0) is 6.85. The summed E-state index contributed by atoms with van der Waals surface area (Å²) in [6, 6.07) is 0. The summed E-state index contributed by atoms with van der Waals surface area (Å²) >= 11 is 0. The highest BCUT2D eigenvalue weighted by Gasteiger charge is 2.40. The number of hydrogen-bond donors (Lipinski definition) is 1. The van der Waals surface area contributed by atoms with E-state index in [2.05, 4.69) is 0 Å². The van der Waals surface area contributed by atoms with Crippen molar-refractivity contribution in [3.05, 3.63) is 0 Å². The van der Waals surface area contributed by atoms with Crippen molar-refractivity contribution in [1.82, 2.24) is 0 Å². The monoisotopic (exact) mass is 127 g/mol. The molecule has 0 aromatic rings. The molecule has 1 aliphatic carbocycles. The quantitative estimate of drug-likeness (QED) is 0.602. The normalized spacial score (nSPS) is 32.2. The summed E-state index contributed by atoms with van der Waals surface area (Å²) in [5.74, 6) is 1.25. The standard InChI is InChI=1S/C7H13NO/c1-2-7(9)6-3-5(6)4-8/h5-6H,2-4,8H2,1H3/t5-,6-/m0/s1. The third-order valence-corrected chi connectivity index (χ3v) is 1.99. The van der Waals surface area contributed by atoms with Gasteiger partial charge >= 0.3 is 0 Å². The maximum atomic E-state index is 10.9. The van der Waals surface area contributed by atoms with Crippen molar-refractivity contribution in [3.63, 3.8) is 0 Å². The first-order chi connectivity index (χ1) is 4.29. The Balaban J connectivity index is 2.25. The molecule has 1 fully saturated rings. The van der Waals surface area contributed by atoms with Crippen LogP contribution in [0.15, 0.2) is 0 Å². The Bertz CT molecular complexity index is 122. The third-order valence-electron chi connectivity index (χ3n) is 1.99. The number of carbonyl (C=O) groups is 1. The van der Waals surface area contributed by atoms with Gasteiger partial charge in [-0.05, 0) is 18.9 Å². The molecule has 1 rings (SSSR count). The summed E-state index contributed by atoms with van der Waals surface area (Å²) in [4.78, 5) is 10.9. The maximum Gasteiger partial charge on any atom is 0.136 e. The number of nitrogens with two attached hydrogens (primary N) is 1. The van der Waals surface area contributed by atoms with Gasteiger partial charge in [-0.15, -0.1) is 0 Å². The van der Waals surface area contributed by atoms with Gasteiger partial charge in [-0.25, -0.2) is 0 Å². The van der Waals surface area contributed by atoms with Crippen molar-refractivity contribution >= 4 is 5.78 Å². The fourth-order valence-electron chi connectivity index (χ4n) is 1.16. The minimum absolute atomic E-state index is 0.333. The molecule has 52 valence electrons. The summed E-state index contributed by atoms with van der Waals surface area (Å²) in [6.45, 7) is 2.60. The van der Waals surface area contributed by atoms with Crippen molar-refractivity contribution in [1.29, 1.82) is 0 Å². The van der Waals surface area contributed by atoms with E-state index in [1.807, 2.05) is 6.92 Å². The van der Waals surface area contributed by atoms with Gasteiger partial charge in [-0.3, -0.25) is 4.79 Å². The molecule has 0 saturated heterocycles. The van der Waals surface area contributed by atoms with E-state index >= 15 is 0 Å². The van der Waals surface area contributed by atoms with Gasteiger partial charge in [0.25, 0.3) is 0 Å². The molecule has 2 atom stereocenters. The fraction of sp³-hybridized carbons (Fsp3) is 0.857. The number of hydrogen-bond acceptors (Lipinski definition) is 2. The van der Waals surface area contributed by atoms with Crippen LogP contribution < -0.4 is 5.73 Å². The maximum absolute atomic E-state index is 10.9. The predicted octanol–water partition coefficient (Wildman–Crippen LogP) is 0.560. The van der Waals surface area contributed by atoms with E-state index < -0.39 is 0 Å². The molecule has 0 heterocycles. The van der Waals surface area contributed by atoms with Gasteiger partial charge < -0.3 is 5.73 Å². The van der Waals surface area contributed by atoms with Crippen LogP contribution >= 0.6 is 0 Å². The van der Waals surface area contributed by atoms with E-state index in [9.17, 15) is 4.79 Å². The van der Waals surface area contributed by atoms with Gasteiger partial charge in [0, 0.05) is 12.3 Å². The van der Waals surface area contributed by atoms with Gasteiger partial charge in [-0.1, -0.05) is 6.92 Å². The van der Waals surface area contributed by atoms with Crippen molar-refractivity contribution < 1.29 is 4.79 Å². The Morgan fingerprint density at radius 3 is 2.78 bits per heavy atom. The second kappa shape index (κ2) is 2.48. The van der Waals surface area contributed by atoms with Crippen molar-refractivity contribution in [3.8, 4) is 0 Å². The highest BCUT2D eigenvalue weighted by Crippen LogP contribution is 2.38. The van der Waals surface area contributed by atoms with Crippen LogP contribution in [-0.2, 0) is 4.79 Å². The zero-order valence-electron chi connectivity index (χ0n) is 5.76.